The summed E-state index contributed by atoms with van der Waals surface area (Å²) in [4.78, 5) is 4.00. The highest BCUT2D eigenvalue weighted by Crippen LogP contribution is 2.43. The van der Waals surface area contributed by atoms with Gasteiger partial charge in [-0.3, -0.25) is 4.90 Å². The van der Waals surface area contributed by atoms with E-state index in [1.807, 2.05) is 4.90 Å². The number of morpholine rings is 2. The molecule has 0 saturated carbocycles. The Morgan fingerprint density at radius 2 is 1.58 bits per heavy atom. The van der Waals surface area contributed by atoms with Gasteiger partial charge in [0.2, 0.25) is 0 Å². The number of anilines is 1. The number of nitrogens with one attached hydrogen (secondary N) is 1. The first-order chi connectivity index (χ1) is 20.3. The number of benzene rings is 2. The first kappa shape index (κ1) is 31.2. The Morgan fingerprint density at radius 3 is 2.19 bits per heavy atom. The first-order valence-corrected chi connectivity index (χ1v) is 13.6. The molecule has 5 rings (SSSR count). The number of rotatable bonds is 7. The number of ether oxygens (including phenoxy) is 3. The molecule has 2 aliphatic heterocycles. The Morgan fingerprint density at radius 1 is 0.953 bits per heavy atom. The lowest BCUT2D eigenvalue weighted by Gasteiger charge is -2.50. The van der Waals surface area contributed by atoms with Crippen molar-refractivity contribution >= 4 is 5.82 Å². The topological polar surface area (TPSA) is 75.7 Å². The lowest BCUT2D eigenvalue weighted by Crippen LogP contribution is -2.60. The van der Waals surface area contributed by atoms with Crippen LogP contribution in [0.25, 0.3) is 0 Å². The van der Waals surface area contributed by atoms with E-state index in [9.17, 15) is 30.7 Å². The zero-order valence-corrected chi connectivity index (χ0v) is 23.3. The van der Waals surface area contributed by atoms with Crippen molar-refractivity contribution in [2.45, 2.75) is 50.7 Å². The second-order valence-corrected chi connectivity index (χ2v) is 10.6. The van der Waals surface area contributed by atoms with Crippen LogP contribution in [0.15, 0.2) is 42.5 Å². The van der Waals surface area contributed by atoms with Gasteiger partial charge in [0.05, 0.1) is 37.1 Å². The monoisotopic (exact) mass is 617 g/mol. The molecule has 3 atom stereocenters. The third kappa shape index (κ3) is 6.64. The van der Waals surface area contributed by atoms with Crippen LogP contribution in [0.3, 0.4) is 0 Å². The maximum atomic E-state index is 14.0. The summed E-state index contributed by atoms with van der Waals surface area (Å²) in [6.45, 7) is 6.41. The fourth-order valence-electron chi connectivity index (χ4n) is 5.37. The molecule has 0 aliphatic carbocycles. The van der Waals surface area contributed by atoms with Gasteiger partial charge in [-0.25, -0.2) is 4.39 Å². The molecule has 2 saturated heterocycles. The van der Waals surface area contributed by atoms with Gasteiger partial charge in [-0.1, -0.05) is 12.1 Å². The van der Waals surface area contributed by atoms with E-state index in [4.69, 9.17) is 14.2 Å². The van der Waals surface area contributed by atoms with Crippen molar-refractivity contribution in [2.75, 3.05) is 44.4 Å². The zero-order chi connectivity index (χ0) is 31.0. The first-order valence-electron chi connectivity index (χ1n) is 13.6. The highest BCUT2D eigenvalue weighted by Gasteiger charge is 2.49. The molecule has 0 spiro atoms. The summed E-state index contributed by atoms with van der Waals surface area (Å²) in [7, 11) is 0. The highest BCUT2D eigenvalue weighted by molar-refractivity contribution is 5.50. The summed E-state index contributed by atoms with van der Waals surface area (Å²) >= 11 is 0. The molecule has 234 valence electrons. The maximum absolute atomic E-state index is 14.0. The molecule has 2 aromatic carbocycles. The predicted octanol–water partition coefficient (Wildman–Crippen LogP) is 5.67. The molecule has 0 bridgehead atoms. The van der Waals surface area contributed by atoms with Crippen LogP contribution in [0.1, 0.15) is 47.9 Å². The molecule has 3 aromatic rings. The molecule has 0 amide bonds. The van der Waals surface area contributed by atoms with E-state index in [0.717, 1.165) is 0 Å². The number of alkyl halides is 6. The summed E-state index contributed by atoms with van der Waals surface area (Å²) in [6.07, 6.45) is -12.5. The van der Waals surface area contributed by atoms with Crippen LogP contribution in [-0.4, -0.2) is 66.1 Å². The SMILES string of the molecule is CC(O[C@H]1OCCN(c2n[nH]nc2CN2CCOCC2)[C@@]1(C)c1ccc(F)cc1)c1cc(C(F)(F)F)cc(C(F)(F)F)c1. The number of H-pyrrole nitrogens is 1. The van der Waals surface area contributed by atoms with E-state index in [1.165, 1.54) is 31.2 Å². The van der Waals surface area contributed by atoms with Gasteiger partial charge in [0, 0.05) is 26.2 Å². The van der Waals surface area contributed by atoms with Crippen LogP contribution in [0.4, 0.5) is 36.6 Å². The van der Waals surface area contributed by atoms with Crippen molar-refractivity contribution in [1.82, 2.24) is 20.3 Å². The average Bonchev–Trinajstić information content (AvgIpc) is 3.41. The van der Waals surface area contributed by atoms with Gasteiger partial charge in [0.1, 0.15) is 17.1 Å². The number of aromatic nitrogens is 3. The van der Waals surface area contributed by atoms with Crippen molar-refractivity contribution in [1.29, 1.82) is 0 Å². The van der Waals surface area contributed by atoms with Crippen molar-refractivity contribution < 1.29 is 44.9 Å². The van der Waals surface area contributed by atoms with Gasteiger partial charge < -0.3 is 19.1 Å². The van der Waals surface area contributed by atoms with Gasteiger partial charge in [-0.2, -0.15) is 36.7 Å². The number of nitrogens with zero attached hydrogens (tertiary/aromatic N) is 4. The largest absolute Gasteiger partial charge is 0.416 e. The minimum Gasteiger partial charge on any atom is -0.379 e. The molecule has 15 heteroatoms. The Bertz CT molecular complexity index is 1360. The molecular weight excluding hydrogens is 587 g/mol. The van der Waals surface area contributed by atoms with Crippen molar-refractivity contribution in [3.63, 3.8) is 0 Å². The van der Waals surface area contributed by atoms with Crippen LogP contribution in [0.5, 0.6) is 0 Å². The Balaban J connectivity index is 1.52. The number of hydrogen-bond donors (Lipinski definition) is 1. The van der Waals surface area contributed by atoms with Gasteiger partial charge in [0.25, 0.3) is 0 Å². The average molecular weight is 618 g/mol. The molecule has 8 nitrogen and oxygen atoms in total. The summed E-state index contributed by atoms with van der Waals surface area (Å²) in [5.74, 6) is -0.0409. The van der Waals surface area contributed by atoms with Gasteiger partial charge in [0.15, 0.2) is 12.1 Å². The predicted molar refractivity (Wildman–Crippen MR) is 139 cm³/mol. The molecule has 1 unspecified atom stereocenters. The van der Waals surface area contributed by atoms with E-state index in [1.54, 1.807) is 6.92 Å². The zero-order valence-electron chi connectivity index (χ0n) is 23.3. The standard InChI is InChI=1S/C28H30F7N5O3/c1-17(18-13-20(27(30,31)32)15-21(14-18)28(33,34)35)43-25-26(2,19-3-5-22(29)6-4-19)40(9-12-42-25)24-23(36-38-37-24)16-39-7-10-41-11-8-39/h3-6,13-15,17,25H,7-12,16H2,1-2H3,(H,36,37,38)/t17?,25-,26+/m1/s1. The Hall–Kier alpha value is -3.27. The van der Waals surface area contributed by atoms with Crippen LogP contribution >= 0.6 is 0 Å². The van der Waals surface area contributed by atoms with E-state index in [-0.39, 0.29) is 24.8 Å². The Kier molecular flexibility index (Phi) is 8.71. The highest BCUT2D eigenvalue weighted by atomic mass is 19.4. The second kappa shape index (κ2) is 12.0. The van der Waals surface area contributed by atoms with Crippen LogP contribution in [0, 0.1) is 5.82 Å². The van der Waals surface area contributed by atoms with Gasteiger partial charge in [-0.05, 0) is 55.3 Å². The summed E-state index contributed by atoms with van der Waals surface area (Å²) in [6, 6.07) is 6.86. The summed E-state index contributed by atoms with van der Waals surface area (Å²) in [5, 5.41) is 11.4. The number of aromatic amines is 1. The normalized spacial score (nSPS) is 23.0. The quantitative estimate of drug-likeness (QED) is 0.343. The smallest absolute Gasteiger partial charge is 0.379 e. The lowest BCUT2D eigenvalue weighted by atomic mass is 9.87. The summed E-state index contributed by atoms with van der Waals surface area (Å²) < 4.78 is 113. The van der Waals surface area contributed by atoms with Crippen molar-refractivity contribution in [2.24, 2.45) is 0 Å². The molecule has 1 N–H and O–H groups in total. The maximum Gasteiger partial charge on any atom is 0.416 e. The molecular formula is C28H30F7N5O3. The number of hydrogen-bond acceptors (Lipinski definition) is 7. The molecule has 1 aromatic heterocycles. The molecule has 2 aliphatic rings. The fourth-order valence-corrected chi connectivity index (χ4v) is 5.37. The van der Waals surface area contributed by atoms with Crippen LogP contribution < -0.4 is 4.90 Å². The second-order valence-electron chi connectivity index (χ2n) is 10.6. The Labute approximate surface area is 242 Å². The van der Waals surface area contributed by atoms with Gasteiger partial charge in [-0.15, -0.1) is 5.10 Å². The molecule has 0 radical (unpaired) electrons. The minimum atomic E-state index is -5.01. The third-order valence-corrected chi connectivity index (χ3v) is 7.77. The fraction of sp³-hybridized carbons (Fsp3) is 0.500. The number of halogens is 7. The minimum absolute atomic E-state index is 0.0677. The van der Waals surface area contributed by atoms with E-state index in [0.29, 0.717) is 62.1 Å². The van der Waals surface area contributed by atoms with E-state index >= 15 is 0 Å². The molecule has 43 heavy (non-hydrogen) atoms. The van der Waals surface area contributed by atoms with Crippen molar-refractivity contribution in [3.8, 4) is 0 Å². The lowest BCUT2D eigenvalue weighted by molar-refractivity contribution is -0.217. The van der Waals surface area contributed by atoms with Gasteiger partial charge >= 0.3 is 12.4 Å². The van der Waals surface area contributed by atoms with E-state index in [2.05, 4.69) is 20.3 Å². The van der Waals surface area contributed by atoms with Crippen molar-refractivity contribution in [3.05, 3.63) is 76.2 Å². The van der Waals surface area contributed by atoms with E-state index < -0.39 is 47.2 Å². The third-order valence-electron chi connectivity index (χ3n) is 7.77. The van der Waals surface area contributed by atoms with Crippen LogP contribution in [0.2, 0.25) is 0 Å². The molecule has 3 heterocycles. The molecule has 2 fully saturated rings. The summed E-state index contributed by atoms with van der Waals surface area (Å²) in [5.41, 5.74) is -3.36. The van der Waals surface area contributed by atoms with Crippen LogP contribution in [-0.2, 0) is 38.6 Å².